The lowest BCUT2D eigenvalue weighted by molar-refractivity contribution is -0.124. The van der Waals surface area contributed by atoms with Crippen molar-refractivity contribution in [2.45, 2.75) is 32.4 Å². The Morgan fingerprint density at radius 1 is 0.412 bits per heavy atom. The molecule has 4 fully saturated rings. The maximum Gasteiger partial charge on any atom is 0.238 e. The summed E-state index contributed by atoms with van der Waals surface area (Å²) in [6.07, 6.45) is 10.3. The van der Waals surface area contributed by atoms with Crippen molar-refractivity contribution in [1.82, 2.24) is 0 Å². The highest BCUT2D eigenvalue weighted by Crippen LogP contribution is 2.54. The summed E-state index contributed by atoms with van der Waals surface area (Å²) >= 11 is 3.21. The lowest BCUT2D eigenvalue weighted by Gasteiger charge is -2.17. The highest BCUT2D eigenvalue weighted by molar-refractivity contribution is 7.99. The third-order valence-electron chi connectivity index (χ3n) is 11.5. The largest absolute Gasteiger partial charge is 0.457 e. The molecule has 0 N–H and O–H groups in total. The number of amides is 4. The second-order valence-corrected chi connectivity index (χ2v) is 16.6. The van der Waals surface area contributed by atoms with Crippen LogP contribution in [0.15, 0.2) is 141 Å². The molecule has 2 saturated heterocycles. The number of fused-ring (bicyclic) bond motifs is 10. The van der Waals surface area contributed by atoms with Crippen LogP contribution in [0.4, 0.5) is 11.4 Å². The molecule has 4 bridgehead atoms. The number of rotatable bonds is 8. The van der Waals surface area contributed by atoms with E-state index in [4.69, 9.17) is 4.74 Å². The summed E-state index contributed by atoms with van der Waals surface area (Å²) in [5.74, 6) is 1.26. The van der Waals surface area contributed by atoms with E-state index >= 15 is 0 Å². The first kappa shape index (κ1) is 30.9. The Bertz CT molecular complexity index is 1950. The van der Waals surface area contributed by atoms with Crippen LogP contribution in [0.5, 0.6) is 11.5 Å². The summed E-state index contributed by atoms with van der Waals surface area (Å²) in [6, 6.07) is 31.1. The minimum atomic E-state index is -0.195. The van der Waals surface area contributed by atoms with Gasteiger partial charge < -0.3 is 4.74 Å². The molecule has 4 aliphatic carbocycles. The summed E-state index contributed by atoms with van der Waals surface area (Å²) in [5, 5.41) is 0. The molecule has 0 aromatic heterocycles. The first-order chi connectivity index (χ1) is 24.9. The number of allylic oxidation sites excluding steroid dienone is 4. The maximum absolute atomic E-state index is 13.2. The molecule has 4 aromatic rings. The van der Waals surface area contributed by atoms with Crippen molar-refractivity contribution in [3.05, 3.63) is 121 Å². The SMILES string of the molecule is O=C1[C@@H]2[C@@H](C(=O)N1c1ccc(Sc3ccc(Oc4ccc(Sc5ccc(N6C(=O)[C@@H]7[C@H](C6=O)[C@H]6C=C[C@H]7C6)cc5)cc4)cc3)cc1)[C@H]1C=C[C@H]2C1. The number of hydrogen-bond donors (Lipinski definition) is 0. The first-order valence-electron chi connectivity index (χ1n) is 17.5. The van der Waals surface area contributed by atoms with Crippen LogP contribution in [0.3, 0.4) is 0 Å². The van der Waals surface area contributed by atoms with E-state index in [0.29, 0.717) is 11.4 Å². The van der Waals surface area contributed by atoms with E-state index < -0.39 is 0 Å². The predicted octanol–water partition coefficient (Wildman–Crippen LogP) is 8.40. The van der Waals surface area contributed by atoms with Gasteiger partial charge in [0, 0.05) is 19.6 Å². The van der Waals surface area contributed by atoms with Gasteiger partial charge in [0.2, 0.25) is 23.6 Å². The average Bonchev–Trinajstić information content (AvgIpc) is 4.01. The number of imide groups is 2. The summed E-state index contributed by atoms with van der Waals surface area (Å²) in [4.78, 5) is 59.5. The van der Waals surface area contributed by atoms with Gasteiger partial charge in [0.15, 0.2) is 0 Å². The van der Waals surface area contributed by atoms with Crippen LogP contribution in [-0.4, -0.2) is 23.6 Å². The van der Waals surface area contributed by atoms with Gasteiger partial charge in [0.05, 0.1) is 35.0 Å². The Kier molecular flexibility index (Phi) is 7.19. The zero-order valence-electron chi connectivity index (χ0n) is 27.3. The highest BCUT2D eigenvalue weighted by Gasteiger charge is 2.60. The van der Waals surface area contributed by atoms with Crippen molar-refractivity contribution in [3.8, 4) is 11.5 Å². The molecule has 6 aliphatic rings. The zero-order chi connectivity index (χ0) is 34.4. The van der Waals surface area contributed by atoms with Crippen LogP contribution in [0.25, 0.3) is 0 Å². The van der Waals surface area contributed by atoms with Crippen molar-refractivity contribution < 1.29 is 23.9 Å². The van der Waals surface area contributed by atoms with E-state index in [1.807, 2.05) is 97.1 Å². The standard InChI is InChI=1S/C42H32N2O5S2/c45-39-35-23-1-2-24(21-23)36(35)40(46)43(39)27-5-13-31(14-6-27)50-33-17-9-29(10-18-33)49-30-11-19-34(20-12-30)51-32-15-7-28(8-16-32)44-41(47)37-25-3-4-26(22-25)38(37)42(44)48/h1-20,23-26,35-38H,21-22H2/t23-,24-,25-,26-,35-,36-,37-,38+/m0/s1. The number of carbonyl (C=O) groups excluding carboxylic acids is 4. The molecule has 0 unspecified atom stereocenters. The molecule has 7 nitrogen and oxygen atoms in total. The van der Waals surface area contributed by atoms with Crippen LogP contribution in [0.1, 0.15) is 12.8 Å². The molecule has 2 saturated carbocycles. The number of benzene rings is 4. The van der Waals surface area contributed by atoms with Crippen LogP contribution in [-0.2, 0) is 19.2 Å². The molecular formula is C42H32N2O5S2. The van der Waals surface area contributed by atoms with Gasteiger partial charge in [-0.05, 0) is 134 Å². The smallest absolute Gasteiger partial charge is 0.238 e. The van der Waals surface area contributed by atoms with Gasteiger partial charge in [-0.2, -0.15) is 0 Å². The number of anilines is 2. The molecule has 2 heterocycles. The Labute approximate surface area is 303 Å². The van der Waals surface area contributed by atoms with Crippen LogP contribution in [0, 0.1) is 47.3 Å². The summed E-state index contributed by atoms with van der Waals surface area (Å²) in [7, 11) is 0. The fourth-order valence-corrected chi connectivity index (χ4v) is 10.8. The van der Waals surface area contributed by atoms with Gasteiger partial charge >= 0.3 is 0 Å². The third-order valence-corrected chi connectivity index (χ3v) is 13.5. The van der Waals surface area contributed by atoms with Crippen LogP contribution >= 0.6 is 23.5 Å². The average molecular weight is 709 g/mol. The van der Waals surface area contributed by atoms with Gasteiger partial charge in [-0.1, -0.05) is 47.8 Å². The predicted molar refractivity (Wildman–Crippen MR) is 195 cm³/mol. The highest BCUT2D eigenvalue weighted by atomic mass is 32.2. The Hall–Kier alpha value is -4.86. The molecule has 8 atom stereocenters. The molecule has 4 aromatic carbocycles. The Morgan fingerprint density at radius 3 is 0.980 bits per heavy atom. The number of nitrogens with zero attached hydrogens (tertiary/aromatic N) is 2. The normalized spacial score (nSPS) is 29.5. The quantitative estimate of drug-likeness (QED) is 0.134. The van der Waals surface area contributed by atoms with Crippen molar-refractivity contribution in [2.24, 2.45) is 47.3 Å². The number of hydrogen-bond acceptors (Lipinski definition) is 7. The minimum absolute atomic E-state index is 0.0564. The lowest BCUT2D eigenvalue weighted by Crippen LogP contribution is -2.32. The summed E-state index contributed by atoms with van der Waals surface area (Å²) < 4.78 is 6.11. The Balaban J connectivity index is 0.736. The maximum atomic E-state index is 13.2. The van der Waals surface area contributed by atoms with E-state index in [1.165, 1.54) is 9.80 Å². The summed E-state index contributed by atoms with van der Waals surface area (Å²) in [5.41, 5.74) is 1.29. The molecule has 252 valence electrons. The molecule has 10 rings (SSSR count). The fourth-order valence-electron chi connectivity index (χ4n) is 9.20. The second kappa shape index (κ2) is 11.9. The van der Waals surface area contributed by atoms with E-state index in [1.54, 1.807) is 23.5 Å². The fraction of sp³-hybridized carbons (Fsp3) is 0.238. The van der Waals surface area contributed by atoms with E-state index in [-0.39, 0.29) is 71.0 Å². The molecule has 9 heteroatoms. The summed E-state index contributed by atoms with van der Waals surface area (Å²) in [6.45, 7) is 0. The third kappa shape index (κ3) is 5.04. The van der Waals surface area contributed by atoms with Crippen molar-refractivity contribution in [1.29, 1.82) is 0 Å². The van der Waals surface area contributed by atoms with Crippen LogP contribution < -0.4 is 14.5 Å². The van der Waals surface area contributed by atoms with Crippen molar-refractivity contribution >= 4 is 58.5 Å². The molecule has 4 amide bonds. The van der Waals surface area contributed by atoms with Gasteiger partial charge in [-0.3, -0.25) is 29.0 Å². The molecule has 0 spiro atoms. The van der Waals surface area contributed by atoms with E-state index in [9.17, 15) is 19.2 Å². The van der Waals surface area contributed by atoms with Gasteiger partial charge in [-0.25, -0.2) is 0 Å². The van der Waals surface area contributed by atoms with E-state index in [2.05, 4.69) is 24.3 Å². The molecule has 2 aliphatic heterocycles. The van der Waals surface area contributed by atoms with Gasteiger partial charge in [0.1, 0.15) is 11.5 Å². The minimum Gasteiger partial charge on any atom is -0.457 e. The molecular weight excluding hydrogens is 677 g/mol. The second-order valence-electron chi connectivity index (χ2n) is 14.3. The molecule has 51 heavy (non-hydrogen) atoms. The topological polar surface area (TPSA) is 84.0 Å². The van der Waals surface area contributed by atoms with Gasteiger partial charge in [-0.15, -0.1) is 0 Å². The van der Waals surface area contributed by atoms with Crippen molar-refractivity contribution in [2.75, 3.05) is 9.80 Å². The monoisotopic (exact) mass is 708 g/mol. The van der Waals surface area contributed by atoms with E-state index in [0.717, 1.165) is 43.9 Å². The molecule has 0 radical (unpaired) electrons. The number of ether oxygens (including phenoxy) is 1. The number of carbonyl (C=O) groups is 4. The van der Waals surface area contributed by atoms with Crippen LogP contribution in [0.2, 0.25) is 0 Å². The van der Waals surface area contributed by atoms with Gasteiger partial charge in [0.25, 0.3) is 0 Å². The first-order valence-corrected chi connectivity index (χ1v) is 19.1. The van der Waals surface area contributed by atoms with Crippen molar-refractivity contribution in [3.63, 3.8) is 0 Å². The zero-order valence-corrected chi connectivity index (χ0v) is 29.0. The lowest BCUT2D eigenvalue weighted by atomic mass is 9.85. The Morgan fingerprint density at radius 2 is 0.686 bits per heavy atom.